The summed E-state index contributed by atoms with van der Waals surface area (Å²) in [6, 6.07) is 9.76. The normalized spacial score (nSPS) is 12.0. The van der Waals surface area contributed by atoms with Gasteiger partial charge in [-0.1, -0.05) is 12.1 Å². The summed E-state index contributed by atoms with van der Waals surface area (Å²) in [6.07, 6.45) is 0. The Kier molecular flexibility index (Phi) is 6.37. The molecule has 0 atom stereocenters. The van der Waals surface area contributed by atoms with Gasteiger partial charge in [0, 0.05) is 0 Å². The zero-order chi connectivity index (χ0) is 20.2. The van der Waals surface area contributed by atoms with E-state index >= 15 is 0 Å². The van der Waals surface area contributed by atoms with Crippen molar-refractivity contribution < 1.29 is 26.4 Å². The summed E-state index contributed by atoms with van der Waals surface area (Å²) in [5.74, 6) is -0.579. The molecule has 0 spiro atoms. The van der Waals surface area contributed by atoms with Crippen LogP contribution in [0, 0.1) is 13.8 Å². The maximum absolute atomic E-state index is 12.4. The number of nitrogens with one attached hydrogen (secondary N) is 2. The second kappa shape index (κ2) is 8.17. The predicted octanol–water partition coefficient (Wildman–Crippen LogP) is 1.65. The lowest BCUT2D eigenvalue weighted by Gasteiger charge is -2.12. The van der Waals surface area contributed by atoms with Crippen LogP contribution in [0.5, 0.6) is 0 Å². The van der Waals surface area contributed by atoms with Crippen LogP contribution >= 0.6 is 0 Å². The zero-order valence-electron chi connectivity index (χ0n) is 15.0. The summed E-state index contributed by atoms with van der Waals surface area (Å²) in [5, 5.41) is 0. The molecule has 0 bridgehead atoms. The molecule has 0 saturated heterocycles. The van der Waals surface area contributed by atoms with E-state index in [9.17, 15) is 21.6 Å². The van der Waals surface area contributed by atoms with Crippen LogP contribution in [0.2, 0.25) is 0 Å². The van der Waals surface area contributed by atoms with Crippen molar-refractivity contribution in [2.24, 2.45) is 0 Å². The van der Waals surface area contributed by atoms with Crippen molar-refractivity contribution >= 4 is 26.0 Å². The van der Waals surface area contributed by atoms with Gasteiger partial charge in [0.15, 0.2) is 0 Å². The number of carbonyl (C=O) groups is 1. The number of hydrazine groups is 1. The number of carbonyl (C=O) groups excluding carboxylic acids is 1. The highest BCUT2D eigenvalue weighted by Gasteiger charge is 2.22. The van der Waals surface area contributed by atoms with Gasteiger partial charge in [-0.25, -0.2) is 21.6 Å². The summed E-state index contributed by atoms with van der Waals surface area (Å²) < 4.78 is 54.2. The minimum atomic E-state index is -4.17. The fourth-order valence-corrected chi connectivity index (χ4v) is 4.64. The minimum Gasteiger partial charge on any atom is -0.462 e. The van der Waals surface area contributed by atoms with Crippen LogP contribution < -0.4 is 9.66 Å². The van der Waals surface area contributed by atoms with Crippen molar-refractivity contribution in [1.29, 1.82) is 0 Å². The van der Waals surface area contributed by atoms with Gasteiger partial charge in [-0.3, -0.25) is 0 Å². The maximum atomic E-state index is 12.4. The Hall–Kier alpha value is -2.27. The van der Waals surface area contributed by atoms with Crippen LogP contribution in [0.3, 0.4) is 0 Å². The Morgan fingerprint density at radius 1 is 0.926 bits per heavy atom. The monoisotopic (exact) mass is 412 g/mol. The Balaban J connectivity index is 2.19. The SMILES string of the molecule is CCOC(=O)c1ccc(S(=O)(=O)NNS(=O)(=O)c2cc(C)ccc2C)cc1. The van der Waals surface area contributed by atoms with Crippen LogP contribution in [-0.2, 0) is 24.8 Å². The highest BCUT2D eigenvalue weighted by atomic mass is 32.2. The Bertz CT molecular complexity index is 1050. The van der Waals surface area contributed by atoms with Crippen molar-refractivity contribution in [1.82, 2.24) is 9.66 Å². The fraction of sp³-hybridized carbons (Fsp3) is 0.235. The Morgan fingerprint density at radius 2 is 1.52 bits per heavy atom. The molecule has 0 unspecified atom stereocenters. The average molecular weight is 412 g/mol. The first-order chi connectivity index (χ1) is 12.6. The van der Waals surface area contributed by atoms with Gasteiger partial charge in [-0.15, -0.1) is 9.66 Å². The number of benzene rings is 2. The summed E-state index contributed by atoms with van der Waals surface area (Å²) in [4.78, 5) is 15.1. The van der Waals surface area contributed by atoms with Gasteiger partial charge in [0.25, 0.3) is 20.0 Å². The quantitative estimate of drug-likeness (QED) is 0.527. The lowest BCUT2D eigenvalue weighted by Crippen LogP contribution is -2.41. The van der Waals surface area contributed by atoms with Gasteiger partial charge >= 0.3 is 5.97 Å². The van der Waals surface area contributed by atoms with Crippen LogP contribution in [0.4, 0.5) is 0 Å². The van der Waals surface area contributed by atoms with Crippen molar-refractivity contribution in [2.45, 2.75) is 30.6 Å². The molecule has 2 rings (SSSR count). The molecule has 0 saturated carbocycles. The average Bonchev–Trinajstić information content (AvgIpc) is 2.62. The first kappa shape index (κ1) is 21.0. The van der Waals surface area contributed by atoms with Gasteiger partial charge in [-0.05, 0) is 62.2 Å². The second-order valence-corrected chi connectivity index (χ2v) is 9.06. The van der Waals surface area contributed by atoms with Crippen LogP contribution in [0.25, 0.3) is 0 Å². The third kappa shape index (κ3) is 5.13. The van der Waals surface area contributed by atoms with E-state index in [0.29, 0.717) is 5.56 Å². The molecule has 2 N–H and O–H groups in total. The Labute approximate surface area is 158 Å². The van der Waals surface area contributed by atoms with Gasteiger partial charge in [0.05, 0.1) is 22.0 Å². The molecule has 0 aliphatic heterocycles. The largest absolute Gasteiger partial charge is 0.462 e. The van der Waals surface area contributed by atoms with Gasteiger partial charge < -0.3 is 4.74 Å². The molecule has 0 amide bonds. The molecule has 8 nitrogen and oxygen atoms in total. The molecule has 146 valence electrons. The molecule has 2 aromatic rings. The first-order valence-electron chi connectivity index (χ1n) is 7.95. The van der Waals surface area contributed by atoms with E-state index in [1.54, 1.807) is 32.9 Å². The summed E-state index contributed by atoms with van der Waals surface area (Å²) in [5.41, 5.74) is 1.39. The summed E-state index contributed by atoms with van der Waals surface area (Å²) in [7, 11) is -8.27. The first-order valence-corrected chi connectivity index (χ1v) is 10.9. The van der Waals surface area contributed by atoms with E-state index in [0.717, 1.165) is 5.56 Å². The minimum absolute atomic E-state index is 0.0251. The molecule has 0 radical (unpaired) electrons. The third-order valence-electron chi connectivity index (χ3n) is 3.62. The van der Waals surface area contributed by atoms with E-state index in [2.05, 4.69) is 0 Å². The molecule has 0 fully saturated rings. The molecule has 27 heavy (non-hydrogen) atoms. The van der Waals surface area contributed by atoms with Crippen molar-refractivity contribution in [3.63, 3.8) is 0 Å². The van der Waals surface area contributed by atoms with Crippen LogP contribution in [0.1, 0.15) is 28.4 Å². The molecule has 10 heteroatoms. The molecule has 0 aliphatic rings. The zero-order valence-corrected chi connectivity index (χ0v) is 16.6. The van der Waals surface area contributed by atoms with Crippen LogP contribution in [0.15, 0.2) is 52.3 Å². The van der Waals surface area contributed by atoms with E-state index in [1.165, 1.54) is 30.3 Å². The topological polar surface area (TPSA) is 119 Å². The Morgan fingerprint density at radius 3 is 2.11 bits per heavy atom. The maximum Gasteiger partial charge on any atom is 0.338 e. The van der Waals surface area contributed by atoms with E-state index in [-0.39, 0.29) is 22.0 Å². The smallest absolute Gasteiger partial charge is 0.338 e. The molecule has 2 aromatic carbocycles. The molecular weight excluding hydrogens is 392 g/mol. The third-order valence-corrected chi connectivity index (χ3v) is 6.40. The number of hydrogen-bond donors (Lipinski definition) is 2. The van der Waals surface area contributed by atoms with Crippen LogP contribution in [-0.4, -0.2) is 29.4 Å². The lowest BCUT2D eigenvalue weighted by atomic mass is 10.2. The van der Waals surface area contributed by atoms with Gasteiger partial charge in [0.2, 0.25) is 0 Å². The molecule has 0 aliphatic carbocycles. The lowest BCUT2D eigenvalue weighted by molar-refractivity contribution is 0.0526. The standard InChI is InChI=1S/C17H20N2O6S2/c1-4-25-17(20)14-7-9-15(10-8-14)26(21,22)18-19-27(23,24)16-11-12(2)5-6-13(16)3/h5-11,18-19H,4H2,1-3H3. The highest BCUT2D eigenvalue weighted by Crippen LogP contribution is 2.17. The number of ether oxygens (including phenoxy) is 1. The van der Waals surface area contributed by atoms with Crippen molar-refractivity contribution in [3.05, 3.63) is 59.2 Å². The van der Waals surface area contributed by atoms with E-state index in [4.69, 9.17) is 4.74 Å². The highest BCUT2D eigenvalue weighted by molar-refractivity contribution is 7.92. The molecule has 0 heterocycles. The van der Waals surface area contributed by atoms with Gasteiger partial charge in [-0.2, -0.15) is 0 Å². The summed E-state index contributed by atoms with van der Waals surface area (Å²) in [6.45, 7) is 5.19. The van der Waals surface area contributed by atoms with E-state index < -0.39 is 26.0 Å². The van der Waals surface area contributed by atoms with Crippen molar-refractivity contribution in [2.75, 3.05) is 6.61 Å². The number of aryl methyl sites for hydroxylation is 2. The number of sulfonamides is 2. The predicted molar refractivity (Wildman–Crippen MR) is 99.0 cm³/mol. The van der Waals surface area contributed by atoms with Crippen molar-refractivity contribution in [3.8, 4) is 0 Å². The summed E-state index contributed by atoms with van der Waals surface area (Å²) >= 11 is 0. The number of hydrogen-bond acceptors (Lipinski definition) is 6. The van der Waals surface area contributed by atoms with E-state index in [1.807, 2.05) is 9.66 Å². The molecule has 0 aromatic heterocycles. The molecular formula is C17H20N2O6S2. The number of esters is 1. The number of rotatable bonds is 7. The fourth-order valence-electron chi connectivity index (χ4n) is 2.21. The second-order valence-electron chi connectivity index (χ2n) is 5.72. The van der Waals surface area contributed by atoms with Gasteiger partial charge in [0.1, 0.15) is 0 Å².